The van der Waals surface area contributed by atoms with Crippen LogP contribution in [0.1, 0.15) is 0 Å². The molecule has 0 heterocycles. The van der Waals surface area contributed by atoms with Crippen LogP contribution in [0, 0.1) is 0 Å². The Balaban J connectivity index is 3.38. The van der Waals surface area contributed by atoms with Gasteiger partial charge < -0.3 is 0 Å². The minimum Gasteiger partial charge on any atom is -0.277 e. The molecule has 0 amide bonds. The Labute approximate surface area is 52.5 Å². The van der Waals surface area contributed by atoms with E-state index in [4.69, 9.17) is 11.8 Å². The zero-order chi connectivity index (χ0) is 5.70. The van der Waals surface area contributed by atoms with Gasteiger partial charge in [-0.1, -0.05) is 11.8 Å². The van der Waals surface area contributed by atoms with Crippen LogP contribution in [0.5, 0.6) is 0 Å². The largest absolute Gasteiger partial charge is 0.277 e. The highest BCUT2D eigenvalue weighted by Crippen LogP contribution is 1.92. The standard InChI is InChI=1S/C3H7ClN2S/c1-5-3(6-4)7-2/h1-2H3,(H,5,6). The minimum atomic E-state index is 0.738. The van der Waals surface area contributed by atoms with Crippen molar-refractivity contribution in [2.75, 3.05) is 13.3 Å². The molecule has 0 bridgehead atoms. The van der Waals surface area contributed by atoms with Gasteiger partial charge in [0.1, 0.15) is 0 Å². The fourth-order valence-electron chi connectivity index (χ4n) is 0.172. The second kappa shape index (κ2) is 4.27. The van der Waals surface area contributed by atoms with Crippen LogP contribution in [0.3, 0.4) is 0 Å². The number of nitrogens with one attached hydrogen (secondary N) is 1. The smallest absolute Gasteiger partial charge is 0.170 e. The summed E-state index contributed by atoms with van der Waals surface area (Å²) in [5, 5.41) is 0.738. The number of rotatable bonds is 0. The summed E-state index contributed by atoms with van der Waals surface area (Å²) < 4.78 is 0. The van der Waals surface area contributed by atoms with Crippen LogP contribution < -0.4 is 4.84 Å². The summed E-state index contributed by atoms with van der Waals surface area (Å²) >= 11 is 6.64. The molecule has 0 atom stereocenters. The van der Waals surface area contributed by atoms with Gasteiger partial charge in [0.05, 0.1) is 0 Å². The summed E-state index contributed by atoms with van der Waals surface area (Å²) in [4.78, 5) is 6.15. The minimum absolute atomic E-state index is 0.738. The Hall–Kier alpha value is 0.110. The van der Waals surface area contributed by atoms with Crippen molar-refractivity contribution in [3.8, 4) is 0 Å². The van der Waals surface area contributed by atoms with Crippen LogP contribution in [-0.2, 0) is 0 Å². The van der Waals surface area contributed by atoms with Crippen LogP contribution in [-0.4, -0.2) is 18.5 Å². The van der Waals surface area contributed by atoms with Crippen LogP contribution in [0.25, 0.3) is 0 Å². The lowest BCUT2D eigenvalue weighted by atomic mass is 11.2. The van der Waals surface area contributed by atoms with Crippen LogP contribution in [0.15, 0.2) is 4.99 Å². The molecule has 0 saturated carbocycles. The number of hydrogen-bond donors (Lipinski definition) is 1. The van der Waals surface area contributed by atoms with Crippen molar-refractivity contribution in [1.82, 2.24) is 4.84 Å². The average Bonchev–Trinajstić information content (AvgIpc) is 1.72. The molecule has 0 radical (unpaired) electrons. The summed E-state index contributed by atoms with van der Waals surface area (Å²) in [5.41, 5.74) is 0. The van der Waals surface area contributed by atoms with E-state index in [2.05, 4.69) is 9.83 Å². The molecule has 0 aliphatic rings. The fraction of sp³-hybridized carbons (Fsp3) is 0.667. The van der Waals surface area contributed by atoms with Crippen molar-refractivity contribution in [1.29, 1.82) is 0 Å². The normalized spacial score (nSPS) is 11.6. The van der Waals surface area contributed by atoms with Crippen molar-refractivity contribution in [3.05, 3.63) is 0 Å². The average molecular weight is 139 g/mol. The first-order chi connectivity index (χ1) is 3.35. The first kappa shape index (κ1) is 7.11. The number of hydrogen-bond acceptors (Lipinski definition) is 2. The maximum Gasteiger partial charge on any atom is 0.170 e. The monoisotopic (exact) mass is 138 g/mol. The molecule has 0 fully saturated rings. The lowest BCUT2D eigenvalue weighted by Crippen LogP contribution is -2.05. The second-order valence-electron chi connectivity index (χ2n) is 0.827. The molecule has 7 heavy (non-hydrogen) atoms. The van der Waals surface area contributed by atoms with Gasteiger partial charge in [-0.25, -0.2) is 0 Å². The number of amidine groups is 1. The molecule has 1 N–H and O–H groups in total. The third-order valence-electron chi connectivity index (χ3n) is 0.477. The van der Waals surface area contributed by atoms with Gasteiger partial charge in [-0.2, -0.15) is 0 Å². The van der Waals surface area contributed by atoms with Crippen LogP contribution in [0.2, 0.25) is 0 Å². The molecule has 0 aromatic carbocycles. The number of nitrogens with zero attached hydrogens (tertiary/aromatic N) is 1. The molecule has 2 nitrogen and oxygen atoms in total. The molecule has 0 aromatic heterocycles. The molecule has 4 heteroatoms. The molecule has 0 spiro atoms. The van der Waals surface area contributed by atoms with Gasteiger partial charge in [-0.05, 0) is 6.26 Å². The molecule has 0 aliphatic heterocycles. The van der Waals surface area contributed by atoms with Crippen molar-refractivity contribution in [3.63, 3.8) is 0 Å². The maximum atomic E-state index is 5.17. The molecule has 0 unspecified atom stereocenters. The summed E-state index contributed by atoms with van der Waals surface area (Å²) in [7, 11) is 1.68. The number of halogens is 1. The number of aliphatic imine (C=N–C) groups is 1. The molecule has 0 aliphatic carbocycles. The first-order valence-electron chi connectivity index (χ1n) is 1.72. The van der Waals surface area contributed by atoms with E-state index in [9.17, 15) is 0 Å². The van der Waals surface area contributed by atoms with Gasteiger partial charge in [0, 0.05) is 18.8 Å². The SMILES string of the molecule is CN=C(NCl)SC. The summed E-state index contributed by atoms with van der Waals surface area (Å²) in [6.45, 7) is 0. The topological polar surface area (TPSA) is 24.4 Å². The van der Waals surface area contributed by atoms with E-state index in [0.29, 0.717) is 0 Å². The lowest BCUT2D eigenvalue weighted by Gasteiger charge is -1.92. The molecule has 0 saturated heterocycles. The van der Waals surface area contributed by atoms with E-state index >= 15 is 0 Å². The number of thioether (sulfide) groups is 1. The van der Waals surface area contributed by atoms with Crippen molar-refractivity contribution < 1.29 is 0 Å². The highest BCUT2D eigenvalue weighted by Gasteiger charge is 1.85. The predicted octanol–water partition coefficient (Wildman–Crippen LogP) is 1.08. The molecular weight excluding hydrogens is 132 g/mol. The van der Waals surface area contributed by atoms with E-state index < -0.39 is 0 Å². The summed E-state index contributed by atoms with van der Waals surface area (Å²) in [6.07, 6.45) is 1.90. The van der Waals surface area contributed by atoms with Crippen LogP contribution >= 0.6 is 23.5 Å². The Bertz CT molecular complexity index is 67.3. The van der Waals surface area contributed by atoms with Crippen LogP contribution in [0.4, 0.5) is 0 Å². The van der Waals surface area contributed by atoms with Gasteiger partial charge in [0.15, 0.2) is 5.17 Å². The van der Waals surface area contributed by atoms with Gasteiger partial charge in [-0.3, -0.25) is 9.83 Å². The molecule has 0 aromatic rings. The van der Waals surface area contributed by atoms with Gasteiger partial charge in [-0.15, -0.1) is 0 Å². The summed E-state index contributed by atoms with van der Waals surface area (Å²) in [5.74, 6) is 0. The summed E-state index contributed by atoms with van der Waals surface area (Å²) in [6, 6.07) is 0. The Morgan fingerprint density at radius 1 is 1.86 bits per heavy atom. The Kier molecular flexibility index (Phi) is 4.34. The molecule has 42 valence electrons. The van der Waals surface area contributed by atoms with E-state index in [-0.39, 0.29) is 0 Å². The molecular formula is C3H7ClN2S. The zero-order valence-corrected chi connectivity index (χ0v) is 5.81. The van der Waals surface area contributed by atoms with E-state index in [1.807, 2.05) is 6.26 Å². The highest BCUT2D eigenvalue weighted by atomic mass is 35.5. The lowest BCUT2D eigenvalue weighted by molar-refractivity contribution is 1.39. The van der Waals surface area contributed by atoms with Gasteiger partial charge in [0.25, 0.3) is 0 Å². The zero-order valence-electron chi connectivity index (χ0n) is 4.23. The van der Waals surface area contributed by atoms with Crippen molar-refractivity contribution >= 4 is 28.7 Å². The quantitative estimate of drug-likeness (QED) is 0.308. The first-order valence-corrected chi connectivity index (χ1v) is 3.32. The second-order valence-corrected chi connectivity index (χ2v) is 1.81. The molecule has 0 rings (SSSR count). The van der Waals surface area contributed by atoms with Gasteiger partial charge >= 0.3 is 0 Å². The maximum absolute atomic E-state index is 5.17. The highest BCUT2D eigenvalue weighted by molar-refractivity contribution is 8.13. The Morgan fingerprint density at radius 3 is 2.43 bits per heavy atom. The van der Waals surface area contributed by atoms with E-state index in [1.165, 1.54) is 11.8 Å². The Morgan fingerprint density at radius 2 is 2.43 bits per heavy atom. The van der Waals surface area contributed by atoms with Crippen molar-refractivity contribution in [2.24, 2.45) is 4.99 Å². The van der Waals surface area contributed by atoms with E-state index in [0.717, 1.165) is 5.17 Å². The third-order valence-corrected chi connectivity index (χ3v) is 1.44. The van der Waals surface area contributed by atoms with E-state index in [1.54, 1.807) is 7.05 Å². The predicted molar refractivity (Wildman–Crippen MR) is 35.9 cm³/mol. The van der Waals surface area contributed by atoms with Gasteiger partial charge in [0.2, 0.25) is 0 Å². The fourth-order valence-corrected chi connectivity index (χ4v) is 0.748. The third kappa shape index (κ3) is 2.76. The van der Waals surface area contributed by atoms with Crippen molar-refractivity contribution in [2.45, 2.75) is 0 Å².